The normalized spacial score (nSPS) is 13.0. The smallest absolute Gasteiger partial charge is 0.0437 e. The third kappa shape index (κ3) is 15.8. The molecule has 0 atom stereocenters. The van der Waals surface area contributed by atoms with Crippen molar-refractivity contribution in [3.8, 4) is 0 Å². The molecule has 0 aromatic heterocycles. The van der Waals surface area contributed by atoms with Gasteiger partial charge in [-0.2, -0.15) is 0 Å². The van der Waals surface area contributed by atoms with E-state index in [1.54, 1.807) is 33.6 Å². The van der Waals surface area contributed by atoms with Crippen LogP contribution in [-0.4, -0.2) is 26.2 Å². The van der Waals surface area contributed by atoms with Crippen LogP contribution in [0.1, 0.15) is 173 Å². The van der Waals surface area contributed by atoms with E-state index < -0.39 is 0 Å². The molecule has 2 heteroatoms. The largest absolute Gasteiger partial charge is 0.371 e. The van der Waals surface area contributed by atoms with Crippen LogP contribution < -0.4 is 9.80 Å². The van der Waals surface area contributed by atoms with E-state index in [1.165, 1.54) is 88.3 Å². The Bertz CT molecular complexity index is 1050. The predicted octanol–water partition coefficient (Wildman–Crippen LogP) is 15.2. The van der Waals surface area contributed by atoms with Gasteiger partial charge in [-0.3, -0.25) is 0 Å². The summed E-state index contributed by atoms with van der Waals surface area (Å²) in [6.45, 7) is 41.1. The Morgan fingerprint density at radius 3 is 1.21 bits per heavy atom. The average molecular weight is 667 g/mol. The van der Waals surface area contributed by atoms with E-state index >= 15 is 0 Å². The lowest BCUT2D eigenvalue weighted by atomic mass is 9.88. The molecular weight excluding hydrogens is 581 g/mol. The van der Waals surface area contributed by atoms with Crippen LogP contribution in [0.4, 0.5) is 11.4 Å². The maximum absolute atomic E-state index is 2.62. The zero-order valence-corrected chi connectivity index (χ0v) is 36.0. The Balaban J connectivity index is -0.000000279. The van der Waals surface area contributed by atoms with Crippen LogP contribution in [0, 0.1) is 0 Å². The van der Waals surface area contributed by atoms with Crippen LogP contribution in [0.25, 0.3) is 10.8 Å². The summed E-state index contributed by atoms with van der Waals surface area (Å²) in [6.07, 6.45) is 10.4. The molecule has 0 spiro atoms. The lowest BCUT2D eigenvalue weighted by molar-refractivity contribution is 0.634. The van der Waals surface area contributed by atoms with Gasteiger partial charge < -0.3 is 9.80 Å². The summed E-state index contributed by atoms with van der Waals surface area (Å²) in [5, 5.41) is 2.92. The molecule has 280 valence electrons. The van der Waals surface area contributed by atoms with Gasteiger partial charge in [-0.1, -0.05) is 167 Å². The van der Waals surface area contributed by atoms with Crippen molar-refractivity contribution in [3.05, 3.63) is 70.8 Å². The highest BCUT2D eigenvalue weighted by molar-refractivity contribution is 5.92. The number of para-hydroxylation sites is 1. The minimum Gasteiger partial charge on any atom is -0.371 e. The molecule has 7 rings (SSSR count). The van der Waals surface area contributed by atoms with Gasteiger partial charge in [0.1, 0.15) is 0 Å². The molecule has 0 saturated heterocycles. The Labute approximate surface area is 304 Å². The van der Waals surface area contributed by atoms with E-state index in [9.17, 15) is 0 Å². The predicted molar refractivity (Wildman–Crippen MR) is 230 cm³/mol. The summed E-state index contributed by atoms with van der Waals surface area (Å²) in [5.41, 5.74) is 9.54. The molecule has 4 aliphatic heterocycles. The number of benzene rings is 3. The summed E-state index contributed by atoms with van der Waals surface area (Å²) in [5.74, 6) is 0. The summed E-state index contributed by atoms with van der Waals surface area (Å²) in [4.78, 5) is 5.20. The highest BCUT2D eigenvalue weighted by Gasteiger charge is 2.25. The minimum atomic E-state index is 1.26. The van der Waals surface area contributed by atoms with Crippen molar-refractivity contribution in [3.63, 3.8) is 0 Å². The number of nitrogens with zero attached hydrogens (tertiary/aromatic N) is 2. The summed E-state index contributed by atoms with van der Waals surface area (Å²) >= 11 is 0. The number of anilines is 2. The van der Waals surface area contributed by atoms with E-state index in [0.717, 1.165) is 0 Å². The number of fused-ring (bicyclic) bond motifs is 2. The first-order valence-electron chi connectivity index (χ1n) is 21.0. The first-order valence-corrected chi connectivity index (χ1v) is 21.0. The summed E-state index contributed by atoms with van der Waals surface area (Å²) in [7, 11) is 0. The molecule has 0 bridgehead atoms. The fraction of sp³-hybridized carbons (Fsp3) is 0.652. The van der Waals surface area contributed by atoms with Crippen LogP contribution in [0.3, 0.4) is 0 Å². The molecule has 0 radical (unpaired) electrons. The number of rotatable bonds is 0. The maximum atomic E-state index is 2.62. The standard InChI is InChI=1S/C16H17N.C12H15N.9C2H6/c1-2-7-14-12(5-1)11-13-6-3-9-17-10-4-8-15(14)16(13)17;1-4-10-6-2-8-13-9-3-7-11(5-1)12(10)13;9*1-2/h1-2,5,7,11H,3-4,6,8-10H2;1,4-5H,2-3,6-9H2;9*1-2H3. The van der Waals surface area contributed by atoms with Crippen molar-refractivity contribution >= 4 is 22.1 Å². The fourth-order valence-electron chi connectivity index (χ4n) is 6.27. The molecule has 4 aliphatic rings. The minimum absolute atomic E-state index is 1.26. The van der Waals surface area contributed by atoms with E-state index in [-0.39, 0.29) is 0 Å². The summed E-state index contributed by atoms with van der Waals surface area (Å²) in [6, 6.07) is 18.1. The van der Waals surface area contributed by atoms with E-state index in [1.807, 2.05) is 125 Å². The van der Waals surface area contributed by atoms with Gasteiger partial charge in [0, 0.05) is 37.6 Å². The number of hydrogen-bond acceptors (Lipinski definition) is 2. The summed E-state index contributed by atoms with van der Waals surface area (Å²) < 4.78 is 0. The van der Waals surface area contributed by atoms with Crippen molar-refractivity contribution in [1.29, 1.82) is 0 Å². The SMILES string of the molecule is CC.CC.CC.CC.CC.CC.CC.CC.CC.c1cc2c3c(c1)CCCN3CCC2.c1ccc2c3c4c(cc2c1)CCCN4CCC3. The molecule has 0 N–H and O–H groups in total. The van der Waals surface area contributed by atoms with Gasteiger partial charge >= 0.3 is 0 Å². The highest BCUT2D eigenvalue weighted by atomic mass is 15.1. The third-order valence-corrected chi connectivity index (χ3v) is 7.52. The Morgan fingerprint density at radius 2 is 0.750 bits per heavy atom. The quantitative estimate of drug-likeness (QED) is 0.236. The molecule has 0 unspecified atom stereocenters. The second kappa shape index (κ2) is 37.3. The Morgan fingerprint density at radius 1 is 0.375 bits per heavy atom. The Kier molecular flexibility index (Phi) is 40.7. The molecule has 3 aromatic rings. The maximum Gasteiger partial charge on any atom is 0.0437 e. The van der Waals surface area contributed by atoms with Crippen molar-refractivity contribution in [2.45, 2.75) is 176 Å². The second-order valence-corrected chi connectivity index (χ2v) is 9.40. The van der Waals surface area contributed by atoms with Crippen LogP contribution in [0.2, 0.25) is 0 Å². The first kappa shape index (κ1) is 52.3. The molecule has 3 aromatic carbocycles. The van der Waals surface area contributed by atoms with Crippen LogP contribution in [-0.2, 0) is 25.7 Å². The van der Waals surface area contributed by atoms with Gasteiger partial charge in [-0.15, -0.1) is 0 Å². The van der Waals surface area contributed by atoms with E-state index in [2.05, 4.69) is 58.3 Å². The van der Waals surface area contributed by atoms with Gasteiger partial charge in [0.05, 0.1) is 0 Å². The van der Waals surface area contributed by atoms with Gasteiger partial charge in [0.2, 0.25) is 0 Å². The van der Waals surface area contributed by atoms with Crippen LogP contribution >= 0.6 is 0 Å². The topological polar surface area (TPSA) is 6.48 Å². The van der Waals surface area contributed by atoms with E-state index in [4.69, 9.17) is 0 Å². The van der Waals surface area contributed by atoms with Gasteiger partial charge in [-0.25, -0.2) is 0 Å². The van der Waals surface area contributed by atoms with Crippen molar-refractivity contribution in [2.24, 2.45) is 0 Å². The molecule has 0 fully saturated rings. The molecule has 0 amide bonds. The molecule has 4 heterocycles. The molecule has 48 heavy (non-hydrogen) atoms. The average Bonchev–Trinajstić information content (AvgIpc) is 3.23. The highest BCUT2D eigenvalue weighted by Crippen LogP contribution is 2.39. The molecule has 0 saturated carbocycles. The van der Waals surface area contributed by atoms with Crippen molar-refractivity contribution < 1.29 is 0 Å². The van der Waals surface area contributed by atoms with Crippen LogP contribution in [0.15, 0.2) is 48.5 Å². The van der Waals surface area contributed by atoms with E-state index in [0.29, 0.717) is 0 Å². The molecule has 0 aliphatic carbocycles. The number of hydrogen-bond donors (Lipinski definition) is 0. The lowest BCUT2D eigenvalue weighted by Crippen LogP contribution is -2.34. The zero-order chi connectivity index (χ0) is 37.9. The first-order chi connectivity index (χ1) is 23.9. The Hall–Kier alpha value is -2.48. The molecule has 2 nitrogen and oxygen atoms in total. The second-order valence-electron chi connectivity index (χ2n) is 9.40. The third-order valence-electron chi connectivity index (χ3n) is 7.52. The number of aryl methyl sites for hydroxylation is 4. The zero-order valence-electron chi connectivity index (χ0n) is 36.0. The van der Waals surface area contributed by atoms with Gasteiger partial charge in [-0.05, 0) is 90.5 Å². The molecular formula is C46H86N2. The van der Waals surface area contributed by atoms with Crippen molar-refractivity contribution in [2.75, 3.05) is 36.0 Å². The van der Waals surface area contributed by atoms with Gasteiger partial charge in [0.15, 0.2) is 0 Å². The van der Waals surface area contributed by atoms with Crippen molar-refractivity contribution in [1.82, 2.24) is 0 Å². The lowest BCUT2D eigenvalue weighted by Gasteiger charge is -2.37. The fourth-order valence-corrected chi connectivity index (χ4v) is 6.27. The van der Waals surface area contributed by atoms with Gasteiger partial charge in [0.25, 0.3) is 0 Å². The monoisotopic (exact) mass is 667 g/mol. The van der Waals surface area contributed by atoms with Crippen LogP contribution in [0.5, 0.6) is 0 Å².